The summed E-state index contributed by atoms with van der Waals surface area (Å²) in [4.78, 5) is 12.0. The topological polar surface area (TPSA) is 49.3 Å². The van der Waals surface area contributed by atoms with Gasteiger partial charge in [0.15, 0.2) is 0 Å². The summed E-state index contributed by atoms with van der Waals surface area (Å²) in [7, 11) is 0. The zero-order chi connectivity index (χ0) is 12.1. The third-order valence-electron chi connectivity index (χ3n) is 2.76. The summed E-state index contributed by atoms with van der Waals surface area (Å²) in [5, 5.41) is 11.9. The van der Waals surface area contributed by atoms with Crippen LogP contribution in [0, 0.1) is 13.8 Å². The number of carbonyl (C=O) groups excluding carboxylic acids is 1. The molecule has 0 bridgehead atoms. The molecule has 88 valence electrons. The summed E-state index contributed by atoms with van der Waals surface area (Å²) < 4.78 is 0. The largest absolute Gasteiger partial charge is 0.394 e. The minimum Gasteiger partial charge on any atom is -0.394 e. The summed E-state index contributed by atoms with van der Waals surface area (Å²) >= 11 is 0. The van der Waals surface area contributed by atoms with Gasteiger partial charge in [0, 0.05) is 5.56 Å². The predicted octanol–water partition coefficient (Wildman–Crippen LogP) is 1.80. The molecule has 3 heteroatoms. The third kappa shape index (κ3) is 2.83. The Balaban J connectivity index is 2.88. The van der Waals surface area contributed by atoms with E-state index in [2.05, 4.69) is 5.32 Å². The lowest BCUT2D eigenvalue weighted by Crippen LogP contribution is -2.37. The molecule has 2 N–H and O–H groups in total. The monoisotopic (exact) mass is 221 g/mol. The highest BCUT2D eigenvalue weighted by Crippen LogP contribution is 2.13. The van der Waals surface area contributed by atoms with E-state index >= 15 is 0 Å². The van der Waals surface area contributed by atoms with Crippen LogP contribution in [-0.2, 0) is 0 Å². The molecule has 0 aromatic heterocycles. The highest BCUT2D eigenvalue weighted by Gasteiger charge is 2.14. The van der Waals surface area contributed by atoms with Gasteiger partial charge in [-0.15, -0.1) is 0 Å². The molecule has 0 heterocycles. The molecule has 0 aliphatic heterocycles. The smallest absolute Gasteiger partial charge is 0.252 e. The van der Waals surface area contributed by atoms with Crippen molar-refractivity contribution in [3.8, 4) is 0 Å². The Morgan fingerprint density at radius 2 is 1.94 bits per heavy atom. The maximum absolute atomic E-state index is 12.0. The molecular weight excluding hydrogens is 202 g/mol. The number of hydrogen-bond acceptors (Lipinski definition) is 2. The van der Waals surface area contributed by atoms with Crippen molar-refractivity contribution in [1.29, 1.82) is 0 Å². The van der Waals surface area contributed by atoms with Crippen molar-refractivity contribution in [2.45, 2.75) is 33.2 Å². The van der Waals surface area contributed by atoms with E-state index in [0.717, 1.165) is 23.1 Å². The normalized spacial score (nSPS) is 12.2. The predicted molar refractivity (Wildman–Crippen MR) is 64.5 cm³/mol. The Kier molecular flexibility index (Phi) is 4.50. The fraction of sp³-hybridized carbons (Fsp3) is 0.462. The first kappa shape index (κ1) is 12.7. The highest BCUT2D eigenvalue weighted by molar-refractivity contribution is 5.97. The lowest BCUT2D eigenvalue weighted by Gasteiger charge is -2.16. The van der Waals surface area contributed by atoms with Crippen molar-refractivity contribution in [2.24, 2.45) is 0 Å². The van der Waals surface area contributed by atoms with Gasteiger partial charge >= 0.3 is 0 Å². The SMILES string of the molecule is CCC(CO)NC(=O)c1c(C)cccc1C. The van der Waals surface area contributed by atoms with Crippen LogP contribution in [0.4, 0.5) is 0 Å². The van der Waals surface area contributed by atoms with Crippen LogP contribution in [0.25, 0.3) is 0 Å². The maximum Gasteiger partial charge on any atom is 0.252 e. The van der Waals surface area contributed by atoms with Crippen molar-refractivity contribution in [3.63, 3.8) is 0 Å². The van der Waals surface area contributed by atoms with E-state index in [4.69, 9.17) is 5.11 Å². The van der Waals surface area contributed by atoms with Gasteiger partial charge in [0.1, 0.15) is 0 Å². The first-order valence-electron chi connectivity index (χ1n) is 5.58. The van der Waals surface area contributed by atoms with E-state index in [1.165, 1.54) is 0 Å². The van der Waals surface area contributed by atoms with Crippen molar-refractivity contribution >= 4 is 5.91 Å². The van der Waals surface area contributed by atoms with Crippen LogP contribution < -0.4 is 5.32 Å². The van der Waals surface area contributed by atoms with Gasteiger partial charge in [-0.1, -0.05) is 25.1 Å². The molecule has 0 fully saturated rings. The molecule has 0 radical (unpaired) electrons. The van der Waals surface area contributed by atoms with Crippen molar-refractivity contribution < 1.29 is 9.90 Å². The number of carbonyl (C=O) groups is 1. The molecule has 1 aromatic rings. The second-order valence-corrected chi connectivity index (χ2v) is 4.03. The molecule has 1 amide bonds. The lowest BCUT2D eigenvalue weighted by atomic mass is 10.0. The van der Waals surface area contributed by atoms with Gasteiger partial charge in [-0.25, -0.2) is 0 Å². The van der Waals surface area contributed by atoms with Crippen LogP contribution in [0.2, 0.25) is 0 Å². The summed E-state index contributed by atoms with van der Waals surface area (Å²) in [6, 6.07) is 5.61. The summed E-state index contributed by atoms with van der Waals surface area (Å²) in [5.74, 6) is -0.100. The zero-order valence-corrected chi connectivity index (χ0v) is 10.1. The molecule has 1 atom stereocenters. The molecule has 1 rings (SSSR count). The molecule has 1 aromatic carbocycles. The third-order valence-corrected chi connectivity index (χ3v) is 2.76. The lowest BCUT2D eigenvalue weighted by molar-refractivity contribution is 0.0913. The molecule has 16 heavy (non-hydrogen) atoms. The number of amides is 1. The Bertz CT molecular complexity index is 350. The van der Waals surface area contributed by atoms with Gasteiger partial charge < -0.3 is 10.4 Å². The van der Waals surface area contributed by atoms with Gasteiger partial charge in [0.05, 0.1) is 12.6 Å². The fourth-order valence-corrected chi connectivity index (χ4v) is 1.71. The number of aryl methyl sites for hydroxylation is 2. The van der Waals surface area contributed by atoms with Gasteiger partial charge in [-0.2, -0.15) is 0 Å². The van der Waals surface area contributed by atoms with E-state index < -0.39 is 0 Å². The Hall–Kier alpha value is -1.35. The first-order valence-corrected chi connectivity index (χ1v) is 5.58. The number of hydrogen-bond donors (Lipinski definition) is 2. The number of benzene rings is 1. The number of aliphatic hydroxyl groups is 1. The van der Waals surface area contributed by atoms with Crippen LogP contribution >= 0.6 is 0 Å². The fourth-order valence-electron chi connectivity index (χ4n) is 1.71. The number of nitrogens with one attached hydrogen (secondary N) is 1. The molecule has 3 nitrogen and oxygen atoms in total. The van der Waals surface area contributed by atoms with Crippen LogP contribution in [0.3, 0.4) is 0 Å². The first-order chi connectivity index (χ1) is 7.60. The quantitative estimate of drug-likeness (QED) is 0.814. The van der Waals surface area contributed by atoms with E-state index in [9.17, 15) is 4.79 Å². The summed E-state index contributed by atoms with van der Waals surface area (Å²) in [5.41, 5.74) is 2.64. The summed E-state index contributed by atoms with van der Waals surface area (Å²) in [6.45, 7) is 5.75. The summed E-state index contributed by atoms with van der Waals surface area (Å²) in [6.07, 6.45) is 0.729. The van der Waals surface area contributed by atoms with Gasteiger partial charge in [0.2, 0.25) is 0 Å². The van der Waals surface area contributed by atoms with E-state index in [0.29, 0.717) is 0 Å². The number of aliphatic hydroxyl groups excluding tert-OH is 1. The standard InChI is InChI=1S/C13H19NO2/c1-4-11(8-15)14-13(16)12-9(2)6-5-7-10(12)3/h5-7,11,15H,4,8H2,1-3H3,(H,14,16). The average Bonchev–Trinajstić information content (AvgIpc) is 2.25. The van der Waals surface area contributed by atoms with Crippen LogP contribution in [0.1, 0.15) is 34.8 Å². The molecule has 0 aliphatic carbocycles. The highest BCUT2D eigenvalue weighted by atomic mass is 16.3. The van der Waals surface area contributed by atoms with Crippen molar-refractivity contribution in [1.82, 2.24) is 5.32 Å². The average molecular weight is 221 g/mol. The van der Waals surface area contributed by atoms with Crippen LogP contribution in [-0.4, -0.2) is 23.7 Å². The molecule has 0 saturated carbocycles. The Labute approximate surface area is 96.5 Å². The van der Waals surface area contributed by atoms with Gasteiger partial charge in [-0.3, -0.25) is 4.79 Å². The molecule has 1 unspecified atom stereocenters. The Morgan fingerprint density at radius 3 is 2.38 bits per heavy atom. The van der Waals surface area contributed by atoms with E-state index in [-0.39, 0.29) is 18.6 Å². The Morgan fingerprint density at radius 1 is 1.38 bits per heavy atom. The second-order valence-electron chi connectivity index (χ2n) is 4.03. The van der Waals surface area contributed by atoms with E-state index in [1.807, 2.05) is 39.0 Å². The van der Waals surface area contributed by atoms with E-state index in [1.54, 1.807) is 0 Å². The van der Waals surface area contributed by atoms with Crippen molar-refractivity contribution in [3.05, 3.63) is 34.9 Å². The molecular formula is C13H19NO2. The second kappa shape index (κ2) is 5.66. The molecule has 0 aliphatic rings. The minimum absolute atomic E-state index is 0.0207. The molecule has 0 saturated heterocycles. The maximum atomic E-state index is 12.0. The van der Waals surface area contributed by atoms with Crippen molar-refractivity contribution in [2.75, 3.05) is 6.61 Å². The minimum atomic E-state index is -0.161. The van der Waals surface area contributed by atoms with Gasteiger partial charge in [-0.05, 0) is 31.4 Å². The van der Waals surface area contributed by atoms with Gasteiger partial charge in [0.25, 0.3) is 5.91 Å². The zero-order valence-electron chi connectivity index (χ0n) is 10.1. The van der Waals surface area contributed by atoms with Crippen LogP contribution in [0.15, 0.2) is 18.2 Å². The molecule has 0 spiro atoms. The van der Waals surface area contributed by atoms with Crippen LogP contribution in [0.5, 0.6) is 0 Å². The number of rotatable bonds is 4.